The first-order valence-electron chi connectivity index (χ1n) is 4.84. The Kier molecular flexibility index (Phi) is 2.55. The van der Waals surface area contributed by atoms with E-state index in [2.05, 4.69) is 16.7 Å². The number of anilines is 1. The second-order valence-electron chi connectivity index (χ2n) is 3.49. The van der Waals surface area contributed by atoms with Gasteiger partial charge >= 0.3 is 0 Å². The summed E-state index contributed by atoms with van der Waals surface area (Å²) in [5, 5.41) is 14.6. The second kappa shape index (κ2) is 4.01. The van der Waals surface area contributed by atoms with Crippen LogP contribution in [0.2, 0.25) is 0 Å². The fourth-order valence-electron chi connectivity index (χ4n) is 1.56. The molecule has 0 aromatic heterocycles. The zero-order valence-corrected chi connectivity index (χ0v) is 8.16. The molecule has 2 rings (SSSR count). The van der Waals surface area contributed by atoms with Crippen LogP contribution in [-0.2, 0) is 4.79 Å². The number of benzene rings is 1. The van der Waals surface area contributed by atoms with Crippen molar-refractivity contribution in [2.24, 2.45) is 0 Å². The monoisotopic (exact) mass is 201 g/mol. The number of nitriles is 1. The van der Waals surface area contributed by atoms with Crippen molar-refractivity contribution in [3.8, 4) is 6.07 Å². The summed E-state index contributed by atoms with van der Waals surface area (Å²) in [5.74, 6) is 0.0844. The summed E-state index contributed by atoms with van der Waals surface area (Å²) in [4.78, 5) is 10.9. The molecule has 1 aliphatic heterocycles. The van der Waals surface area contributed by atoms with E-state index in [9.17, 15) is 4.79 Å². The van der Waals surface area contributed by atoms with Crippen molar-refractivity contribution in [3.63, 3.8) is 0 Å². The largest absolute Gasteiger partial charge is 0.365 e. The summed E-state index contributed by atoms with van der Waals surface area (Å²) in [5.41, 5.74) is 1.55. The fraction of sp³-hybridized carbons (Fsp3) is 0.273. The lowest BCUT2D eigenvalue weighted by Crippen LogP contribution is -2.32. The van der Waals surface area contributed by atoms with Gasteiger partial charge in [-0.2, -0.15) is 5.26 Å². The van der Waals surface area contributed by atoms with Crippen LogP contribution >= 0.6 is 0 Å². The molecule has 1 atom stereocenters. The van der Waals surface area contributed by atoms with Gasteiger partial charge in [-0.05, 0) is 30.7 Å². The van der Waals surface area contributed by atoms with Crippen LogP contribution in [0.15, 0.2) is 24.3 Å². The molecule has 2 N–H and O–H groups in total. The lowest BCUT2D eigenvalue weighted by atomic mass is 10.2. The summed E-state index contributed by atoms with van der Waals surface area (Å²) in [7, 11) is 0. The Bertz CT molecular complexity index is 405. The van der Waals surface area contributed by atoms with Gasteiger partial charge in [0.25, 0.3) is 0 Å². The lowest BCUT2D eigenvalue weighted by Gasteiger charge is -2.13. The highest BCUT2D eigenvalue weighted by Crippen LogP contribution is 2.13. The van der Waals surface area contributed by atoms with E-state index in [-0.39, 0.29) is 12.1 Å². The van der Waals surface area contributed by atoms with Crippen molar-refractivity contribution >= 4 is 11.6 Å². The fourth-order valence-corrected chi connectivity index (χ4v) is 1.56. The SMILES string of the molecule is N#Cc1ccc(NC2CCC(=O)N2)cc1. The number of rotatable bonds is 2. The molecule has 1 fully saturated rings. The zero-order chi connectivity index (χ0) is 10.7. The van der Waals surface area contributed by atoms with Crippen LogP contribution in [0.25, 0.3) is 0 Å². The van der Waals surface area contributed by atoms with E-state index in [1.165, 1.54) is 0 Å². The van der Waals surface area contributed by atoms with Gasteiger partial charge in [0.1, 0.15) is 0 Å². The van der Waals surface area contributed by atoms with Gasteiger partial charge in [-0.3, -0.25) is 4.79 Å². The van der Waals surface area contributed by atoms with Crippen LogP contribution in [0.4, 0.5) is 5.69 Å². The van der Waals surface area contributed by atoms with Crippen molar-refractivity contribution in [3.05, 3.63) is 29.8 Å². The molecular weight excluding hydrogens is 190 g/mol. The van der Waals surface area contributed by atoms with Gasteiger partial charge in [-0.25, -0.2) is 0 Å². The van der Waals surface area contributed by atoms with Crippen LogP contribution in [0.3, 0.4) is 0 Å². The Balaban J connectivity index is 1.99. The Morgan fingerprint density at radius 2 is 2.13 bits per heavy atom. The number of amides is 1. The van der Waals surface area contributed by atoms with Gasteiger partial charge in [-0.1, -0.05) is 0 Å². The Labute approximate surface area is 87.9 Å². The van der Waals surface area contributed by atoms with E-state index in [4.69, 9.17) is 5.26 Å². The molecule has 4 nitrogen and oxygen atoms in total. The van der Waals surface area contributed by atoms with Gasteiger partial charge in [-0.15, -0.1) is 0 Å². The Morgan fingerprint density at radius 3 is 2.67 bits per heavy atom. The molecule has 76 valence electrons. The third kappa shape index (κ3) is 2.26. The van der Waals surface area contributed by atoms with Gasteiger partial charge in [0.15, 0.2) is 0 Å². The first-order chi connectivity index (χ1) is 7.28. The molecule has 1 aromatic rings. The molecule has 1 amide bonds. The Hall–Kier alpha value is -2.02. The number of carbonyl (C=O) groups excluding carboxylic acids is 1. The van der Waals surface area contributed by atoms with Gasteiger partial charge in [0.05, 0.1) is 17.8 Å². The summed E-state index contributed by atoms with van der Waals surface area (Å²) in [6, 6.07) is 9.23. The third-order valence-corrected chi connectivity index (χ3v) is 2.35. The minimum absolute atomic E-state index is 0.0189. The normalized spacial score (nSPS) is 19.4. The van der Waals surface area contributed by atoms with Gasteiger partial charge in [0, 0.05) is 12.1 Å². The quantitative estimate of drug-likeness (QED) is 0.755. The first kappa shape index (κ1) is 9.53. The molecule has 1 aromatic carbocycles. The standard InChI is InChI=1S/C11H11N3O/c12-7-8-1-3-9(4-2-8)13-10-5-6-11(15)14-10/h1-4,10,13H,5-6H2,(H,14,15). The number of nitrogens with one attached hydrogen (secondary N) is 2. The molecule has 0 aliphatic carbocycles. The maximum absolute atomic E-state index is 10.9. The molecule has 0 saturated carbocycles. The highest BCUT2D eigenvalue weighted by molar-refractivity contribution is 5.79. The molecule has 15 heavy (non-hydrogen) atoms. The summed E-state index contributed by atoms with van der Waals surface area (Å²) >= 11 is 0. The van der Waals surface area contributed by atoms with Gasteiger partial charge < -0.3 is 10.6 Å². The maximum atomic E-state index is 10.9. The van der Waals surface area contributed by atoms with Crippen molar-refractivity contribution in [1.29, 1.82) is 5.26 Å². The van der Waals surface area contributed by atoms with Crippen molar-refractivity contribution < 1.29 is 4.79 Å². The maximum Gasteiger partial charge on any atom is 0.221 e. The number of carbonyl (C=O) groups is 1. The molecule has 1 aliphatic rings. The summed E-state index contributed by atoms with van der Waals surface area (Å²) < 4.78 is 0. The number of hydrogen-bond acceptors (Lipinski definition) is 3. The molecule has 0 spiro atoms. The van der Waals surface area contributed by atoms with Crippen molar-refractivity contribution in [1.82, 2.24) is 5.32 Å². The minimum atomic E-state index is 0.0189. The summed E-state index contributed by atoms with van der Waals surface area (Å²) in [6.45, 7) is 0. The highest BCUT2D eigenvalue weighted by Gasteiger charge is 2.19. The third-order valence-electron chi connectivity index (χ3n) is 2.35. The first-order valence-corrected chi connectivity index (χ1v) is 4.84. The smallest absolute Gasteiger partial charge is 0.221 e. The molecule has 1 unspecified atom stereocenters. The molecular formula is C11H11N3O. The van der Waals surface area contributed by atoms with E-state index in [0.29, 0.717) is 12.0 Å². The van der Waals surface area contributed by atoms with Crippen LogP contribution in [0.1, 0.15) is 18.4 Å². The predicted molar refractivity (Wildman–Crippen MR) is 55.9 cm³/mol. The summed E-state index contributed by atoms with van der Waals surface area (Å²) in [6.07, 6.45) is 1.40. The van der Waals surface area contributed by atoms with E-state index in [1.54, 1.807) is 12.1 Å². The predicted octanol–water partition coefficient (Wildman–Crippen LogP) is 1.21. The lowest BCUT2D eigenvalue weighted by molar-refractivity contribution is -0.119. The van der Waals surface area contributed by atoms with E-state index < -0.39 is 0 Å². The van der Waals surface area contributed by atoms with E-state index >= 15 is 0 Å². The van der Waals surface area contributed by atoms with E-state index in [1.807, 2.05) is 12.1 Å². The number of nitrogens with zero attached hydrogens (tertiary/aromatic N) is 1. The second-order valence-corrected chi connectivity index (χ2v) is 3.49. The zero-order valence-electron chi connectivity index (χ0n) is 8.16. The molecule has 0 bridgehead atoms. The Morgan fingerprint density at radius 1 is 1.40 bits per heavy atom. The average molecular weight is 201 g/mol. The van der Waals surface area contributed by atoms with Crippen LogP contribution in [-0.4, -0.2) is 12.1 Å². The molecule has 1 heterocycles. The van der Waals surface area contributed by atoms with Crippen molar-refractivity contribution in [2.75, 3.05) is 5.32 Å². The molecule has 0 radical (unpaired) electrons. The topological polar surface area (TPSA) is 64.9 Å². The van der Waals surface area contributed by atoms with E-state index in [0.717, 1.165) is 12.1 Å². The minimum Gasteiger partial charge on any atom is -0.365 e. The molecule has 4 heteroatoms. The average Bonchev–Trinajstić information content (AvgIpc) is 2.65. The highest BCUT2D eigenvalue weighted by atomic mass is 16.2. The van der Waals surface area contributed by atoms with Crippen molar-refractivity contribution in [2.45, 2.75) is 19.0 Å². The van der Waals surface area contributed by atoms with Crippen LogP contribution < -0.4 is 10.6 Å². The van der Waals surface area contributed by atoms with Gasteiger partial charge in [0.2, 0.25) is 5.91 Å². The molecule has 1 saturated heterocycles. The number of hydrogen-bond donors (Lipinski definition) is 2. The van der Waals surface area contributed by atoms with Crippen LogP contribution in [0, 0.1) is 11.3 Å². The van der Waals surface area contributed by atoms with Crippen LogP contribution in [0.5, 0.6) is 0 Å².